The average Bonchev–Trinajstić information content (AvgIpc) is 2.90. The predicted molar refractivity (Wildman–Crippen MR) is 107 cm³/mol. The van der Waals surface area contributed by atoms with Gasteiger partial charge in [-0.1, -0.05) is 29.3 Å². The Hall–Kier alpha value is -0.650. The summed E-state index contributed by atoms with van der Waals surface area (Å²) in [5.41, 5.74) is 2.11. The van der Waals surface area contributed by atoms with Crippen LogP contribution in [-0.2, 0) is 4.74 Å². The largest absolute Gasteiger partial charge is 0.368 e. The lowest BCUT2D eigenvalue weighted by atomic mass is 9.62. The van der Waals surface area contributed by atoms with Crippen LogP contribution in [0.25, 0.3) is 0 Å². The van der Waals surface area contributed by atoms with Gasteiger partial charge >= 0.3 is 0 Å². The number of halogens is 3. The number of benzene rings is 1. The van der Waals surface area contributed by atoms with Gasteiger partial charge in [-0.2, -0.15) is 0 Å². The number of hydrogen-bond acceptors (Lipinski definition) is 3. The average molecular weight is 457 g/mol. The molecule has 1 aromatic heterocycles. The van der Waals surface area contributed by atoms with Gasteiger partial charge in [-0.25, -0.2) is 0 Å². The molecule has 1 saturated carbocycles. The second-order valence-electron chi connectivity index (χ2n) is 7.25. The summed E-state index contributed by atoms with van der Waals surface area (Å²) in [5.74, 6) is 0.672. The molecule has 2 fully saturated rings. The number of pyridine rings is 1. The van der Waals surface area contributed by atoms with Crippen LogP contribution in [-0.4, -0.2) is 22.5 Å². The molecule has 6 atom stereocenters. The minimum Gasteiger partial charge on any atom is -0.368 e. The van der Waals surface area contributed by atoms with Gasteiger partial charge in [-0.05, 0) is 71.4 Å². The molecule has 1 aliphatic carbocycles. The normalized spacial score (nSPS) is 33.9. The molecule has 138 valence electrons. The number of nitrogens with zero attached hydrogens (tertiary/aromatic N) is 1. The van der Waals surface area contributed by atoms with Crippen molar-refractivity contribution >= 4 is 39.1 Å². The zero-order chi connectivity index (χ0) is 18.4. The van der Waals surface area contributed by atoms with Crippen molar-refractivity contribution in [3.05, 3.63) is 62.3 Å². The summed E-state index contributed by atoms with van der Waals surface area (Å²) < 4.78 is 6.73. The maximum Gasteiger partial charge on any atom is 0.158 e. The maximum absolute atomic E-state index is 10.4. The Kier molecular flexibility index (Phi) is 5.32. The van der Waals surface area contributed by atoms with Crippen LogP contribution in [0.15, 0.2) is 41.0 Å². The van der Waals surface area contributed by atoms with E-state index in [4.69, 9.17) is 32.9 Å². The minimum absolute atomic E-state index is 0.0284. The van der Waals surface area contributed by atoms with E-state index >= 15 is 0 Å². The van der Waals surface area contributed by atoms with Crippen molar-refractivity contribution < 1.29 is 9.84 Å². The molecule has 1 unspecified atom stereocenters. The predicted octanol–water partition coefficient (Wildman–Crippen LogP) is 5.78. The lowest BCUT2D eigenvalue weighted by molar-refractivity contribution is -0.104. The third-order valence-corrected chi connectivity index (χ3v) is 6.90. The fraction of sp³-hybridized carbons (Fsp3) is 0.450. The fourth-order valence-electron chi connectivity index (χ4n) is 4.80. The molecular weight excluding hydrogens is 437 g/mol. The first-order valence-corrected chi connectivity index (χ1v) is 10.4. The molecular formula is C20H20BrCl2NO2. The first kappa shape index (κ1) is 18.7. The summed E-state index contributed by atoms with van der Waals surface area (Å²) >= 11 is 16.1. The van der Waals surface area contributed by atoms with E-state index in [0.29, 0.717) is 10.0 Å². The summed E-state index contributed by atoms with van der Waals surface area (Å²) in [7, 11) is 0. The Morgan fingerprint density at radius 3 is 2.69 bits per heavy atom. The maximum atomic E-state index is 10.4. The Morgan fingerprint density at radius 2 is 2.00 bits per heavy atom. The lowest BCUT2D eigenvalue weighted by Gasteiger charge is -2.41. The first-order chi connectivity index (χ1) is 12.5. The molecule has 0 spiro atoms. The summed E-state index contributed by atoms with van der Waals surface area (Å²) in [4.78, 5) is 4.69. The third-order valence-electron chi connectivity index (χ3n) is 5.87. The molecule has 2 aliphatic rings. The Morgan fingerprint density at radius 1 is 1.19 bits per heavy atom. The van der Waals surface area contributed by atoms with Crippen molar-refractivity contribution in [3.63, 3.8) is 0 Å². The van der Waals surface area contributed by atoms with E-state index in [1.165, 1.54) is 0 Å². The quantitative estimate of drug-likeness (QED) is 0.622. The van der Waals surface area contributed by atoms with Gasteiger partial charge in [0.2, 0.25) is 0 Å². The van der Waals surface area contributed by atoms with Crippen molar-refractivity contribution in [1.29, 1.82) is 0 Å². The van der Waals surface area contributed by atoms with Crippen molar-refractivity contribution in [2.45, 2.75) is 44.0 Å². The molecule has 1 saturated heterocycles. The summed E-state index contributed by atoms with van der Waals surface area (Å²) in [6.07, 6.45) is 2.94. The van der Waals surface area contributed by atoms with Crippen LogP contribution in [0.4, 0.5) is 0 Å². The van der Waals surface area contributed by atoms with Gasteiger partial charge in [0.15, 0.2) is 6.29 Å². The van der Waals surface area contributed by atoms with E-state index in [-0.39, 0.29) is 29.8 Å². The van der Waals surface area contributed by atoms with Crippen LogP contribution in [0, 0.1) is 11.8 Å². The standard InChI is InChI=1S/C20H20BrCl2NO2/c1-10-18-15(20(25)26-10)6-5-14(13-4-3-12(22)8-16(13)23)19(18)17-7-2-11(21)9-24-17/h2-4,7-10,14-15,18-20,25H,5-6H2,1H3/t10-,14?,15-,18-,19-,20+/m1/s1. The Balaban J connectivity index is 1.80. The molecule has 3 nitrogen and oxygen atoms in total. The highest BCUT2D eigenvalue weighted by atomic mass is 79.9. The molecule has 1 aliphatic heterocycles. The van der Waals surface area contributed by atoms with Gasteiger partial charge in [-0.3, -0.25) is 4.98 Å². The van der Waals surface area contributed by atoms with Gasteiger partial charge in [0.25, 0.3) is 0 Å². The molecule has 26 heavy (non-hydrogen) atoms. The molecule has 0 bridgehead atoms. The van der Waals surface area contributed by atoms with E-state index in [9.17, 15) is 5.11 Å². The Bertz CT molecular complexity index is 801. The smallest absolute Gasteiger partial charge is 0.158 e. The van der Waals surface area contributed by atoms with Crippen LogP contribution in [0.2, 0.25) is 10.0 Å². The number of fused-ring (bicyclic) bond motifs is 1. The monoisotopic (exact) mass is 455 g/mol. The van der Waals surface area contributed by atoms with Crippen LogP contribution in [0.5, 0.6) is 0 Å². The van der Waals surface area contributed by atoms with Gasteiger partial charge in [0.05, 0.1) is 6.10 Å². The summed E-state index contributed by atoms with van der Waals surface area (Å²) in [6.45, 7) is 2.05. The van der Waals surface area contributed by atoms with Crippen LogP contribution < -0.4 is 0 Å². The second-order valence-corrected chi connectivity index (χ2v) is 9.01. The van der Waals surface area contributed by atoms with Crippen molar-refractivity contribution in [3.8, 4) is 0 Å². The van der Waals surface area contributed by atoms with Gasteiger partial charge < -0.3 is 9.84 Å². The number of hydrogen-bond donors (Lipinski definition) is 1. The zero-order valence-corrected chi connectivity index (χ0v) is 17.4. The van der Waals surface area contributed by atoms with Gasteiger partial charge in [0.1, 0.15) is 0 Å². The topological polar surface area (TPSA) is 42.4 Å². The number of aromatic nitrogens is 1. The highest BCUT2D eigenvalue weighted by Gasteiger charge is 2.51. The number of aliphatic hydroxyl groups is 1. The first-order valence-electron chi connectivity index (χ1n) is 8.85. The molecule has 2 heterocycles. The molecule has 4 rings (SSSR count). The second kappa shape index (κ2) is 7.40. The van der Waals surface area contributed by atoms with E-state index in [2.05, 4.69) is 22.0 Å². The molecule has 6 heteroatoms. The summed E-state index contributed by atoms with van der Waals surface area (Å²) in [5, 5.41) is 11.7. The lowest BCUT2D eigenvalue weighted by Crippen LogP contribution is -2.36. The van der Waals surface area contributed by atoms with Crippen LogP contribution in [0.1, 0.15) is 42.9 Å². The number of aliphatic hydroxyl groups excluding tert-OH is 1. The molecule has 1 N–H and O–H groups in total. The zero-order valence-electron chi connectivity index (χ0n) is 14.3. The fourth-order valence-corrected chi connectivity index (χ4v) is 5.58. The highest BCUT2D eigenvalue weighted by molar-refractivity contribution is 9.10. The molecule has 2 aromatic rings. The third kappa shape index (κ3) is 3.31. The minimum atomic E-state index is -0.699. The van der Waals surface area contributed by atoms with Crippen LogP contribution >= 0.6 is 39.1 Å². The SMILES string of the molecule is C[C@H]1O[C@H](O)[C@@H]2CCC(c3ccc(Cl)cc3Cl)[C@H](c3ccc(Br)cn3)[C@@H]21. The van der Waals surface area contributed by atoms with E-state index < -0.39 is 6.29 Å². The molecule has 1 aromatic carbocycles. The molecule has 0 amide bonds. The van der Waals surface area contributed by atoms with Crippen LogP contribution in [0.3, 0.4) is 0 Å². The van der Waals surface area contributed by atoms with E-state index in [1.807, 2.05) is 31.3 Å². The Labute approximate surface area is 171 Å². The van der Waals surface area contributed by atoms with Gasteiger partial charge in [0, 0.05) is 44.2 Å². The van der Waals surface area contributed by atoms with Crippen molar-refractivity contribution in [2.24, 2.45) is 11.8 Å². The van der Waals surface area contributed by atoms with E-state index in [0.717, 1.165) is 28.6 Å². The van der Waals surface area contributed by atoms with E-state index in [1.54, 1.807) is 6.07 Å². The van der Waals surface area contributed by atoms with Crippen molar-refractivity contribution in [2.75, 3.05) is 0 Å². The van der Waals surface area contributed by atoms with Crippen molar-refractivity contribution in [1.82, 2.24) is 4.98 Å². The number of ether oxygens (including phenoxy) is 1. The van der Waals surface area contributed by atoms with Gasteiger partial charge in [-0.15, -0.1) is 0 Å². The number of rotatable bonds is 2. The highest BCUT2D eigenvalue weighted by Crippen LogP contribution is 2.55. The molecule has 0 radical (unpaired) electrons. The summed E-state index contributed by atoms with van der Waals surface area (Å²) in [6, 6.07) is 9.80.